The zero-order valence-electron chi connectivity index (χ0n) is 21.3. The van der Waals surface area contributed by atoms with Crippen molar-refractivity contribution in [3.05, 3.63) is 11.3 Å². The molecule has 0 aromatic rings. The zero-order chi connectivity index (χ0) is 22.3. The summed E-state index contributed by atoms with van der Waals surface area (Å²) in [4.78, 5) is 0. The molecule has 1 saturated heterocycles. The third-order valence-corrected chi connectivity index (χ3v) is 10.2. The van der Waals surface area contributed by atoms with Gasteiger partial charge >= 0.3 is 0 Å². The quantitative estimate of drug-likeness (QED) is 0.139. The molecular formula is C27H54O2Si. The summed E-state index contributed by atoms with van der Waals surface area (Å²) >= 11 is 0. The summed E-state index contributed by atoms with van der Waals surface area (Å²) in [5.41, 5.74) is 1.18. The van der Waals surface area contributed by atoms with Gasteiger partial charge in [-0.1, -0.05) is 110 Å². The lowest BCUT2D eigenvalue weighted by Gasteiger charge is -2.46. The van der Waals surface area contributed by atoms with E-state index in [1.165, 1.54) is 102 Å². The van der Waals surface area contributed by atoms with Gasteiger partial charge in [0.15, 0.2) is 0 Å². The number of rotatable bonds is 17. The van der Waals surface area contributed by atoms with E-state index in [-0.39, 0.29) is 5.22 Å². The van der Waals surface area contributed by atoms with Crippen LogP contribution in [0.25, 0.3) is 0 Å². The molecule has 0 aromatic heterocycles. The van der Waals surface area contributed by atoms with Crippen LogP contribution in [0.15, 0.2) is 11.3 Å². The van der Waals surface area contributed by atoms with Crippen LogP contribution >= 0.6 is 0 Å². The van der Waals surface area contributed by atoms with Gasteiger partial charge in [0.2, 0.25) is 0 Å². The number of unbranched alkanes of at least 4 members (excludes halogenated alkanes) is 13. The second kappa shape index (κ2) is 15.5. The molecule has 0 aromatic carbocycles. The lowest BCUT2D eigenvalue weighted by atomic mass is 9.99. The molecule has 3 heteroatoms. The van der Waals surface area contributed by atoms with Crippen molar-refractivity contribution in [3.63, 3.8) is 0 Å². The fourth-order valence-corrected chi connectivity index (χ4v) is 7.36. The molecule has 1 heterocycles. The highest BCUT2D eigenvalue weighted by Gasteiger charge is 2.49. The molecule has 0 amide bonds. The van der Waals surface area contributed by atoms with E-state index in [9.17, 15) is 5.11 Å². The van der Waals surface area contributed by atoms with E-state index in [2.05, 4.69) is 33.5 Å². The van der Waals surface area contributed by atoms with Gasteiger partial charge in [-0.3, -0.25) is 0 Å². The number of allylic oxidation sites excluding steroid dienone is 1. The first-order valence-corrected chi connectivity index (χ1v) is 16.9. The van der Waals surface area contributed by atoms with E-state index in [0.29, 0.717) is 5.76 Å². The molecular weight excluding hydrogens is 384 g/mol. The molecule has 0 aliphatic carbocycles. The van der Waals surface area contributed by atoms with Crippen molar-refractivity contribution in [3.8, 4) is 0 Å². The molecule has 1 unspecified atom stereocenters. The number of hydrogen-bond donors (Lipinski definition) is 1. The first kappa shape index (κ1) is 27.8. The Morgan fingerprint density at radius 1 is 0.767 bits per heavy atom. The molecule has 1 N–H and O–H groups in total. The molecule has 1 aliphatic heterocycles. The van der Waals surface area contributed by atoms with Gasteiger partial charge in [0.1, 0.15) is 11.0 Å². The number of aliphatic hydroxyl groups excluding tert-OH is 1. The fraction of sp³-hybridized carbons (Fsp3) is 0.926. The molecule has 1 atom stereocenters. The molecule has 1 rings (SSSR count). The summed E-state index contributed by atoms with van der Waals surface area (Å²) in [6, 6.07) is 0. The minimum atomic E-state index is -1.65. The van der Waals surface area contributed by atoms with Crippen molar-refractivity contribution >= 4 is 8.07 Å². The lowest BCUT2D eigenvalue weighted by molar-refractivity contribution is -0.0262. The van der Waals surface area contributed by atoms with Crippen LogP contribution in [0.4, 0.5) is 0 Å². The van der Waals surface area contributed by atoms with Crippen LogP contribution in [0.2, 0.25) is 19.6 Å². The van der Waals surface area contributed by atoms with Crippen LogP contribution in [-0.4, -0.2) is 25.0 Å². The molecule has 30 heavy (non-hydrogen) atoms. The van der Waals surface area contributed by atoms with E-state index in [0.717, 1.165) is 25.9 Å². The van der Waals surface area contributed by atoms with E-state index in [1.54, 1.807) is 0 Å². The second-order valence-electron chi connectivity index (χ2n) is 10.9. The normalized spacial score (nSPS) is 21.0. The van der Waals surface area contributed by atoms with Gasteiger partial charge in [0.05, 0.1) is 8.07 Å². The summed E-state index contributed by atoms with van der Waals surface area (Å²) in [5, 5.41) is 10.8. The summed E-state index contributed by atoms with van der Waals surface area (Å²) in [6.07, 6.45) is 23.8. The van der Waals surface area contributed by atoms with Crippen LogP contribution in [-0.2, 0) is 4.74 Å². The standard InChI is InChI=1S/C27H54O2Si/c1-6-7-8-9-10-11-12-13-14-15-16-17-18-19-22-25(2)26(28)27(30(3,4)5)23-20-21-24-29-27/h28H,6-24H2,1-5H3. The van der Waals surface area contributed by atoms with Crippen LogP contribution in [0.1, 0.15) is 129 Å². The lowest BCUT2D eigenvalue weighted by Crippen LogP contribution is -2.57. The molecule has 0 bridgehead atoms. The third-order valence-electron chi connectivity index (χ3n) is 7.18. The maximum atomic E-state index is 11.1. The first-order chi connectivity index (χ1) is 14.3. The Balaban J connectivity index is 2.14. The van der Waals surface area contributed by atoms with E-state index >= 15 is 0 Å². The Morgan fingerprint density at radius 2 is 1.23 bits per heavy atom. The van der Waals surface area contributed by atoms with Gasteiger partial charge in [0, 0.05) is 6.61 Å². The van der Waals surface area contributed by atoms with Gasteiger partial charge < -0.3 is 9.84 Å². The maximum absolute atomic E-state index is 11.1. The second-order valence-corrected chi connectivity index (χ2v) is 16.2. The van der Waals surface area contributed by atoms with Crippen LogP contribution in [0.3, 0.4) is 0 Å². The number of aliphatic hydroxyl groups is 1. The van der Waals surface area contributed by atoms with Gasteiger partial charge in [-0.25, -0.2) is 0 Å². The molecule has 1 aliphatic rings. The van der Waals surface area contributed by atoms with Gasteiger partial charge in [-0.05, 0) is 44.6 Å². The fourth-order valence-electron chi connectivity index (χ4n) is 4.98. The predicted molar refractivity (Wildman–Crippen MR) is 136 cm³/mol. The largest absolute Gasteiger partial charge is 0.510 e. The highest BCUT2D eigenvalue weighted by Crippen LogP contribution is 2.40. The van der Waals surface area contributed by atoms with E-state index in [4.69, 9.17) is 4.74 Å². The van der Waals surface area contributed by atoms with Crippen molar-refractivity contribution in [1.29, 1.82) is 0 Å². The van der Waals surface area contributed by atoms with Crippen molar-refractivity contribution < 1.29 is 9.84 Å². The predicted octanol–water partition coefficient (Wildman–Crippen LogP) is 9.51. The summed E-state index contributed by atoms with van der Waals surface area (Å²) < 4.78 is 6.29. The molecule has 1 fully saturated rings. The Hall–Kier alpha value is -0.283. The van der Waals surface area contributed by atoms with Crippen molar-refractivity contribution in [2.24, 2.45) is 0 Å². The summed E-state index contributed by atoms with van der Waals surface area (Å²) in [6.45, 7) is 12.3. The monoisotopic (exact) mass is 438 g/mol. The summed E-state index contributed by atoms with van der Waals surface area (Å²) in [5.74, 6) is 0.594. The third kappa shape index (κ3) is 9.89. The topological polar surface area (TPSA) is 29.5 Å². The smallest absolute Gasteiger partial charge is 0.119 e. The van der Waals surface area contributed by atoms with E-state index in [1.807, 2.05) is 0 Å². The average molecular weight is 439 g/mol. The number of ether oxygens (including phenoxy) is 1. The number of hydrogen-bond acceptors (Lipinski definition) is 2. The molecule has 2 nitrogen and oxygen atoms in total. The molecule has 0 spiro atoms. The van der Waals surface area contributed by atoms with Crippen molar-refractivity contribution in [1.82, 2.24) is 0 Å². The maximum Gasteiger partial charge on any atom is 0.119 e. The molecule has 0 saturated carbocycles. The minimum absolute atomic E-state index is 0.342. The van der Waals surface area contributed by atoms with Crippen LogP contribution < -0.4 is 0 Å². The summed E-state index contributed by atoms with van der Waals surface area (Å²) in [7, 11) is -1.65. The van der Waals surface area contributed by atoms with Crippen LogP contribution in [0, 0.1) is 0 Å². The Morgan fingerprint density at radius 3 is 1.63 bits per heavy atom. The van der Waals surface area contributed by atoms with Gasteiger partial charge in [0.25, 0.3) is 0 Å². The Labute approximate surface area is 190 Å². The molecule has 0 radical (unpaired) electrons. The first-order valence-electron chi connectivity index (χ1n) is 13.4. The van der Waals surface area contributed by atoms with Gasteiger partial charge in [-0.2, -0.15) is 0 Å². The Kier molecular flexibility index (Phi) is 14.3. The zero-order valence-corrected chi connectivity index (χ0v) is 22.3. The van der Waals surface area contributed by atoms with Gasteiger partial charge in [-0.15, -0.1) is 0 Å². The Bertz CT molecular complexity index is 458. The van der Waals surface area contributed by atoms with E-state index < -0.39 is 8.07 Å². The minimum Gasteiger partial charge on any atom is -0.510 e. The van der Waals surface area contributed by atoms with Crippen molar-refractivity contribution in [2.75, 3.05) is 6.61 Å². The molecule has 178 valence electrons. The van der Waals surface area contributed by atoms with Crippen molar-refractivity contribution in [2.45, 2.75) is 154 Å². The highest BCUT2D eigenvalue weighted by molar-refractivity contribution is 6.79. The average Bonchev–Trinajstić information content (AvgIpc) is 2.73. The van der Waals surface area contributed by atoms with Crippen LogP contribution in [0.5, 0.6) is 0 Å². The highest BCUT2D eigenvalue weighted by atomic mass is 28.3. The SMILES string of the molecule is CCCCCCCCCCCCCCCCC(C)=C(O)C1([Si](C)(C)C)CCCCO1.